The van der Waals surface area contributed by atoms with Crippen LogP contribution in [0.1, 0.15) is 22.8 Å². The number of carbonyl (C=O) groups excluding carboxylic acids is 1. The number of hydrogen-bond donors (Lipinski definition) is 1. The summed E-state index contributed by atoms with van der Waals surface area (Å²) in [6.07, 6.45) is 1.96. The van der Waals surface area contributed by atoms with Crippen molar-refractivity contribution in [1.82, 2.24) is 0 Å². The highest BCUT2D eigenvalue weighted by molar-refractivity contribution is 5.90. The van der Waals surface area contributed by atoms with Crippen LogP contribution in [0.4, 0.5) is 8.78 Å². The highest BCUT2D eigenvalue weighted by atomic mass is 19.1. The third-order valence-electron chi connectivity index (χ3n) is 2.02. The molecule has 96 valence electrons. The number of carbonyl (C=O) groups is 2. The molecule has 1 aromatic carbocycles. The molecule has 0 spiro atoms. The van der Waals surface area contributed by atoms with Gasteiger partial charge in [-0.1, -0.05) is 0 Å². The summed E-state index contributed by atoms with van der Waals surface area (Å²) in [6.45, 7) is 1.77. The van der Waals surface area contributed by atoms with Crippen molar-refractivity contribution in [3.63, 3.8) is 0 Å². The van der Waals surface area contributed by atoms with Gasteiger partial charge in [-0.3, -0.25) is 0 Å². The second-order valence-corrected chi connectivity index (χ2v) is 3.22. The third-order valence-corrected chi connectivity index (χ3v) is 2.02. The fourth-order valence-corrected chi connectivity index (χ4v) is 1.24. The van der Waals surface area contributed by atoms with Gasteiger partial charge in [0.15, 0.2) is 0 Å². The van der Waals surface area contributed by atoms with E-state index in [1.54, 1.807) is 6.92 Å². The van der Waals surface area contributed by atoms with E-state index in [2.05, 4.69) is 4.74 Å². The quantitative estimate of drug-likeness (QED) is 0.662. The van der Waals surface area contributed by atoms with E-state index in [0.29, 0.717) is 0 Å². The van der Waals surface area contributed by atoms with Crippen LogP contribution in [0, 0.1) is 11.6 Å². The zero-order valence-corrected chi connectivity index (χ0v) is 9.44. The van der Waals surface area contributed by atoms with Crippen LogP contribution in [-0.4, -0.2) is 23.7 Å². The number of carboxylic acid groups (broad SMARTS) is 1. The van der Waals surface area contributed by atoms with Gasteiger partial charge in [-0.2, -0.15) is 0 Å². The minimum absolute atomic E-state index is 0.162. The van der Waals surface area contributed by atoms with Gasteiger partial charge >= 0.3 is 11.9 Å². The van der Waals surface area contributed by atoms with E-state index < -0.39 is 29.1 Å². The summed E-state index contributed by atoms with van der Waals surface area (Å²) in [6, 6.07) is 1.85. The van der Waals surface area contributed by atoms with Crippen molar-refractivity contribution in [2.45, 2.75) is 6.92 Å². The molecule has 0 aliphatic heterocycles. The Morgan fingerprint density at radius 3 is 2.61 bits per heavy atom. The molecule has 0 heterocycles. The van der Waals surface area contributed by atoms with Crippen molar-refractivity contribution < 1.29 is 28.2 Å². The van der Waals surface area contributed by atoms with Crippen LogP contribution in [0.3, 0.4) is 0 Å². The lowest BCUT2D eigenvalue weighted by molar-refractivity contribution is -0.137. The van der Waals surface area contributed by atoms with E-state index in [1.807, 2.05) is 0 Å². The summed E-state index contributed by atoms with van der Waals surface area (Å²) in [7, 11) is 0. The van der Waals surface area contributed by atoms with Gasteiger partial charge in [0.25, 0.3) is 0 Å². The second-order valence-electron chi connectivity index (χ2n) is 3.22. The Labute approximate surface area is 101 Å². The number of hydrogen-bond acceptors (Lipinski definition) is 3. The molecule has 0 saturated heterocycles. The Morgan fingerprint density at radius 2 is 2.06 bits per heavy atom. The SMILES string of the molecule is CCOC(=O)C=Cc1ccc(F)c(C(=O)O)c1F. The van der Waals surface area contributed by atoms with Crippen LogP contribution in [-0.2, 0) is 9.53 Å². The lowest BCUT2D eigenvalue weighted by atomic mass is 10.1. The molecule has 0 aliphatic rings. The van der Waals surface area contributed by atoms with Crippen molar-refractivity contribution >= 4 is 18.0 Å². The largest absolute Gasteiger partial charge is 0.477 e. The van der Waals surface area contributed by atoms with E-state index in [0.717, 1.165) is 24.3 Å². The molecule has 0 amide bonds. The molecule has 6 heteroatoms. The van der Waals surface area contributed by atoms with Crippen LogP contribution in [0.5, 0.6) is 0 Å². The zero-order valence-electron chi connectivity index (χ0n) is 9.44. The van der Waals surface area contributed by atoms with Gasteiger partial charge in [0.05, 0.1) is 6.61 Å². The minimum atomic E-state index is -1.71. The van der Waals surface area contributed by atoms with Crippen molar-refractivity contribution in [1.29, 1.82) is 0 Å². The predicted molar refractivity (Wildman–Crippen MR) is 59.0 cm³/mol. The highest BCUT2D eigenvalue weighted by Crippen LogP contribution is 2.18. The molecule has 0 saturated carbocycles. The maximum Gasteiger partial charge on any atom is 0.341 e. The molecule has 0 unspecified atom stereocenters. The minimum Gasteiger partial charge on any atom is -0.477 e. The van der Waals surface area contributed by atoms with E-state index in [9.17, 15) is 18.4 Å². The fourth-order valence-electron chi connectivity index (χ4n) is 1.24. The van der Waals surface area contributed by atoms with Crippen LogP contribution in [0.15, 0.2) is 18.2 Å². The number of benzene rings is 1. The van der Waals surface area contributed by atoms with Crippen molar-refractivity contribution in [2.75, 3.05) is 6.61 Å². The lowest BCUT2D eigenvalue weighted by Gasteiger charge is -2.02. The first-order valence-electron chi connectivity index (χ1n) is 5.03. The van der Waals surface area contributed by atoms with E-state index in [4.69, 9.17) is 5.11 Å². The molecule has 0 aromatic heterocycles. The number of aromatic carboxylic acids is 1. The Hall–Kier alpha value is -2.24. The second kappa shape index (κ2) is 5.90. The summed E-state index contributed by atoms with van der Waals surface area (Å²) in [4.78, 5) is 21.6. The zero-order chi connectivity index (χ0) is 13.7. The molecular formula is C12H10F2O4. The molecule has 0 aliphatic carbocycles. The first-order chi connectivity index (χ1) is 8.47. The van der Waals surface area contributed by atoms with Crippen LogP contribution >= 0.6 is 0 Å². The summed E-state index contributed by atoms with van der Waals surface area (Å²) in [5, 5.41) is 8.64. The van der Waals surface area contributed by atoms with E-state index in [-0.39, 0.29) is 12.2 Å². The summed E-state index contributed by atoms with van der Waals surface area (Å²) < 4.78 is 31.2. The molecule has 1 aromatic rings. The molecule has 1 N–H and O–H groups in total. The predicted octanol–water partition coefficient (Wildman–Crippen LogP) is 2.24. The third kappa shape index (κ3) is 3.13. The standard InChI is InChI=1S/C12H10F2O4/c1-2-18-9(15)6-4-7-3-5-8(13)10(11(7)14)12(16)17/h3-6H,2H2,1H3,(H,16,17). The molecule has 0 bridgehead atoms. The topological polar surface area (TPSA) is 63.6 Å². The summed E-state index contributed by atoms with van der Waals surface area (Å²) in [5.74, 6) is -4.81. The summed E-state index contributed by atoms with van der Waals surface area (Å²) >= 11 is 0. The van der Waals surface area contributed by atoms with Crippen molar-refractivity contribution in [3.8, 4) is 0 Å². The first kappa shape index (κ1) is 13.8. The molecule has 0 fully saturated rings. The van der Waals surface area contributed by atoms with E-state index >= 15 is 0 Å². The van der Waals surface area contributed by atoms with E-state index in [1.165, 1.54) is 0 Å². The van der Waals surface area contributed by atoms with Gasteiger partial charge in [0, 0.05) is 11.6 Å². The molecular weight excluding hydrogens is 246 g/mol. The number of carboxylic acids is 1. The Bertz CT molecular complexity index is 509. The first-order valence-corrected chi connectivity index (χ1v) is 5.03. The monoisotopic (exact) mass is 256 g/mol. The van der Waals surface area contributed by atoms with Crippen LogP contribution in [0.25, 0.3) is 6.08 Å². The lowest BCUT2D eigenvalue weighted by Crippen LogP contribution is -2.06. The van der Waals surface area contributed by atoms with Gasteiger partial charge < -0.3 is 9.84 Å². The highest BCUT2D eigenvalue weighted by Gasteiger charge is 2.18. The number of ether oxygens (including phenoxy) is 1. The molecule has 18 heavy (non-hydrogen) atoms. The van der Waals surface area contributed by atoms with Gasteiger partial charge in [-0.25, -0.2) is 18.4 Å². The Morgan fingerprint density at radius 1 is 1.39 bits per heavy atom. The maximum atomic E-state index is 13.6. The normalized spacial score (nSPS) is 10.6. The maximum absolute atomic E-state index is 13.6. The molecule has 4 nitrogen and oxygen atoms in total. The van der Waals surface area contributed by atoms with Gasteiger partial charge in [0.1, 0.15) is 17.2 Å². The summed E-state index contributed by atoms with van der Waals surface area (Å²) in [5.41, 5.74) is -1.26. The average molecular weight is 256 g/mol. The molecule has 1 rings (SSSR count). The smallest absolute Gasteiger partial charge is 0.341 e. The average Bonchev–Trinajstić information content (AvgIpc) is 2.28. The van der Waals surface area contributed by atoms with Gasteiger partial charge in [0.2, 0.25) is 0 Å². The number of rotatable bonds is 4. The van der Waals surface area contributed by atoms with Gasteiger partial charge in [-0.05, 0) is 25.1 Å². The Kier molecular flexibility index (Phi) is 4.53. The fraction of sp³-hybridized carbons (Fsp3) is 0.167. The van der Waals surface area contributed by atoms with Gasteiger partial charge in [-0.15, -0.1) is 0 Å². The Balaban J connectivity index is 3.09. The number of halogens is 2. The molecule has 0 radical (unpaired) electrons. The van der Waals surface area contributed by atoms with Crippen LogP contribution in [0.2, 0.25) is 0 Å². The van der Waals surface area contributed by atoms with Crippen molar-refractivity contribution in [3.05, 3.63) is 41.0 Å². The van der Waals surface area contributed by atoms with Crippen LogP contribution < -0.4 is 0 Å². The molecule has 0 atom stereocenters. The number of esters is 1. The van der Waals surface area contributed by atoms with Crippen molar-refractivity contribution in [2.24, 2.45) is 0 Å².